The Morgan fingerprint density at radius 3 is 2.61 bits per heavy atom. The number of unbranched alkanes of at least 4 members (excludes halogenated alkanes) is 1. The molecule has 7 nitrogen and oxygen atoms in total. The molecule has 1 unspecified atom stereocenters. The van der Waals surface area contributed by atoms with Crippen molar-refractivity contribution in [2.75, 3.05) is 6.61 Å². The summed E-state index contributed by atoms with van der Waals surface area (Å²) in [6.07, 6.45) is 6.22. The van der Waals surface area contributed by atoms with Crippen molar-refractivity contribution in [3.8, 4) is 23.1 Å². The molecule has 1 aromatic heterocycles. The summed E-state index contributed by atoms with van der Waals surface area (Å²) in [7, 11) is 2.03. The Morgan fingerprint density at radius 1 is 1.22 bits per heavy atom. The van der Waals surface area contributed by atoms with Gasteiger partial charge in [0.2, 0.25) is 0 Å². The van der Waals surface area contributed by atoms with Crippen LogP contribution in [0, 0.1) is 11.3 Å². The topological polar surface area (TPSA) is 100 Å². The van der Waals surface area contributed by atoms with Gasteiger partial charge in [0.1, 0.15) is 17.6 Å². The van der Waals surface area contributed by atoms with Crippen LogP contribution in [0.4, 0.5) is 0 Å². The minimum Gasteiger partial charge on any atom is -0.490 e. The molecule has 0 radical (unpaired) electrons. The van der Waals surface area contributed by atoms with Crippen LogP contribution in [0.3, 0.4) is 0 Å². The molecule has 7 heteroatoms. The molecule has 1 heterocycles. The van der Waals surface area contributed by atoms with Crippen molar-refractivity contribution >= 4 is 5.91 Å². The zero-order valence-corrected chi connectivity index (χ0v) is 21.6. The highest BCUT2D eigenvalue weighted by Gasteiger charge is 2.17. The first-order chi connectivity index (χ1) is 17.3. The minimum atomic E-state index is -0.286. The van der Waals surface area contributed by atoms with Crippen molar-refractivity contribution < 1.29 is 14.6 Å². The van der Waals surface area contributed by atoms with Gasteiger partial charge in [0.05, 0.1) is 17.4 Å². The number of aliphatic hydroxyl groups is 1. The standard InChI is InChI=1S/C29H36N4O3/c1-5-6-7-28-32-26(19-33(28)4)22-10-8-21(9-11-22)16-25(14-15-34)31-29(35)23-12-13-27(36-20(2)3)24(17-23)18-30/h8-13,17,19-20,25,34H,5-7,14-16H2,1-4H3,(H,31,35). The highest BCUT2D eigenvalue weighted by Crippen LogP contribution is 2.22. The molecular formula is C29H36N4O3. The summed E-state index contributed by atoms with van der Waals surface area (Å²) in [6, 6.07) is 14.9. The van der Waals surface area contributed by atoms with Gasteiger partial charge in [0.25, 0.3) is 5.91 Å². The predicted octanol–water partition coefficient (Wildman–Crippen LogP) is 4.81. The van der Waals surface area contributed by atoms with Crippen molar-refractivity contribution in [3.05, 3.63) is 71.2 Å². The van der Waals surface area contributed by atoms with E-state index in [0.29, 0.717) is 29.7 Å². The zero-order valence-electron chi connectivity index (χ0n) is 21.6. The summed E-state index contributed by atoms with van der Waals surface area (Å²) in [5.74, 6) is 1.26. The SMILES string of the molecule is CCCCc1nc(-c2ccc(CC(CCO)NC(=O)c3ccc(OC(C)C)c(C#N)c3)cc2)cn1C. The highest BCUT2D eigenvalue weighted by molar-refractivity contribution is 5.95. The van der Waals surface area contributed by atoms with Gasteiger partial charge in [-0.2, -0.15) is 5.26 Å². The van der Waals surface area contributed by atoms with Gasteiger partial charge < -0.3 is 19.7 Å². The first-order valence-electron chi connectivity index (χ1n) is 12.6. The highest BCUT2D eigenvalue weighted by atomic mass is 16.5. The Balaban J connectivity index is 1.68. The van der Waals surface area contributed by atoms with Gasteiger partial charge in [-0.25, -0.2) is 4.98 Å². The maximum absolute atomic E-state index is 12.9. The maximum atomic E-state index is 12.9. The number of amides is 1. The number of nitriles is 1. The molecule has 0 aliphatic rings. The molecular weight excluding hydrogens is 452 g/mol. The fraction of sp³-hybridized carbons (Fsp3) is 0.414. The van der Waals surface area contributed by atoms with Crippen LogP contribution < -0.4 is 10.1 Å². The minimum absolute atomic E-state index is 0.0396. The van der Waals surface area contributed by atoms with Gasteiger partial charge in [0.15, 0.2) is 0 Å². The molecule has 3 aromatic rings. The van der Waals surface area contributed by atoms with Gasteiger partial charge in [0, 0.05) is 43.4 Å². The normalized spacial score (nSPS) is 11.8. The van der Waals surface area contributed by atoms with E-state index in [2.05, 4.69) is 29.1 Å². The summed E-state index contributed by atoms with van der Waals surface area (Å²) in [4.78, 5) is 17.7. The Kier molecular flexibility index (Phi) is 9.66. The summed E-state index contributed by atoms with van der Waals surface area (Å²) >= 11 is 0. The van der Waals surface area contributed by atoms with E-state index in [1.165, 1.54) is 0 Å². The zero-order chi connectivity index (χ0) is 26.1. The molecule has 1 atom stereocenters. The molecule has 0 spiro atoms. The largest absolute Gasteiger partial charge is 0.490 e. The van der Waals surface area contributed by atoms with Crippen molar-refractivity contribution in [1.29, 1.82) is 5.26 Å². The molecule has 2 N–H and O–H groups in total. The summed E-state index contributed by atoms with van der Waals surface area (Å²) in [5.41, 5.74) is 3.76. The van der Waals surface area contributed by atoms with Crippen LogP contribution >= 0.6 is 0 Å². The third-order valence-electron chi connectivity index (χ3n) is 6.00. The number of hydrogen-bond acceptors (Lipinski definition) is 5. The quantitative estimate of drug-likeness (QED) is 0.381. The van der Waals surface area contributed by atoms with Crippen LogP contribution in [-0.2, 0) is 19.9 Å². The Bertz CT molecular complexity index is 1190. The van der Waals surface area contributed by atoms with Crippen LogP contribution in [0.5, 0.6) is 5.75 Å². The van der Waals surface area contributed by atoms with Crippen LogP contribution in [0.25, 0.3) is 11.3 Å². The molecule has 0 saturated heterocycles. The number of nitrogens with zero attached hydrogens (tertiary/aromatic N) is 3. The lowest BCUT2D eigenvalue weighted by atomic mass is 10.0. The number of carbonyl (C=O) groups excluding carboxylic acids is 1. The lowest BCUT2D eigenvalue weighted by Gasteiger charge is -2.19. The average molecular weight is 489 g/mol. The summed E-state index contributed by atoms with van der Waals surface area (Å²) < 4.78 is 7.73. The number of benzene rings is 2. The second kappa shape index (κ2) is 12.9. The molecule has 190 valence electrons. The first-order valence-corrected chi connectivity index (χ1v) is 12.6. The predicted molar refractivity (Wildman–Crippen MR) is 141 cm³/mol. The van der Waals surface area contributed by atoms with Crippen molar-refractivity contribution in [2.45, 2.75) is 65.0 Å². The summed E-state index contributed by atoms with van der Waals surface area (Å²) in [5, 5.41) is 22.0. The second-order valence-corrected chi connectivity index (χ2v) is 9.33. The Hall–Kier alpha value is -3.63. The maximum Gasteiger partial charge on any atom is 0.251 e. The number of rotatable bonds is 12. The van der Waals surface area contributed by atoms with E-state index in [-0.39, 0.29) is 24.7 Å². The van der Waals surface area contributed by atoms with Crippen LogP contribution in [0.2, 0.25) is 0 Å². The Labute approximate surface area is 213 Å². The van der Waals surface area contributed by atoms with Crippen LogP contribution in [0.1, 0.15) is 67.3 Å². The van der Waals surface area contributed by atoms with E-state index in [1.54, 1.807) is 18.2 Å². The monoisotopic (exact) mass is 488 g/mol. The van der Waals surface area contributed by atoms with Gasteiger partial charge in [-0.1, -0.05) is 37.6 Å². The molecule has 1 amide bonds. The van der Waals surface area contributed by atoms with E-state index >= 15 is 0 Å². The molecule has 0 aliphatic carbocycles. The van der Waals surface area contributed by atoms with Crippen molar-refractivity contribution in [3.63, 3.8) is 0 Å². The van der Waals surface area contributed by atoms with Crippen molar-refractivity contribution in [2.24, 2.45) is 7.05 Å². The van der Waals surface area contributed by atoms with E-state index in [9.17, 15) is 15.2 Å². The Morgan fingerprint density at radius 2 is 1.97 bits per heavy atom. The third kappa shape index (κ3) is 7.19. The number of imidazole rings is 1. The summed E-state index contributed by atoms with van der Waals surface area (Å²) in [6.45, 7) is 5.91. The van der Waals surface area contributed by atoms with Crippen LogP contribution in [0.15, 0.2) is 48.7 Å². The van der Waals surface area contributed by atoms with E-state index in [0.717, 1.165) is 41.9 Å². The average Bonchev–Trinajstić information content (AvgIpc) is 3.23. The lowest BCUT2D eigenvalue weighted by molar-refractivity contribution is 0.0930. The number of carbonyl (C=O) groups is 1. The van der Waals surface area contributed by atoms with Gasteiger partial charge in [-0.3, -0.25) is 4.79 Å². The smallest absolute Gasteiger partial charge is 0.251 e. The molecule has 0 bridgehead atoms. The molecule has 36 heavy (non-hydrogen) atoms. The number of ether oxygens (including phenoxy) is 1. The third-order valence-corrected chi connectivity index (χ3v) is 6.00. The van der Waals surface area contributed by atoms with Crippen LogP contribution in [-0.4, -0.2) is 39.3 Å². The number of aliphatic hydroxyl groups excluding tert-OH is 1. The molecule has 2 aromatic carbocycles. The first kappa shape index (κ1) is 27.0. The van der Waals surface area contributed by atoms with E-state index in [4.69, 9.17) is 9.72 Å². The van der Waals surface area contributed by atoms with E-state index < -0.39 is 0 Å². The number of aromatic nitrogens is 2. The number of aryl methyl sites for hydroxylation is 2. The number of hydrogen-bond donors (Lipinski definition) is 2. The number of nitrogens with one attached hydrogen (secondary N) is 1. The lowest BCUT2D eigenvalue weighted by Crippen LogP contribution is -2.37. The van der Waals surface area contributed by atoms with Crippen molar-refractivity contribution in [1.82, 2.24) is 14.9 Å². The van der Waals surface area contributed by atoms with E-state index in [1.807, 2.05) is 45.2 Å². The fourth-order valence-corrected chi connectivity index (χ4v) is 4.07. The molecule has 0 aliphatic heterocycles. The van der Waals surface area contributed by atoms with Gasteiger partial charge in [-0.15, -0.1) is 0 Å². The fourth-order valence-electron chi connectivity index (χ4n) is 4.07. The second-order valence-electron chi connectivity index (χ2n) is 9.33. The van der Waals surface area contributed by atoms with Gasteiger partial charge >= 0.3 is 0 Å². The molecule has 0 saturated carbocycles. The molecule has 3 rings (SSSR count). The molecule has 0 fully saturated rings. The van der Waals surface area contributed by atoms with Gasteiger partial charge in [-0.05, 0) is 56.9 Å².